The highest BCUT2D eigenvalue weighted by Crippen LogP contribution is 2.23. The Labute approximate surface area is 104 Å². The van der Waals surface area contributed by atoms with Crippen LogP contribution in [0.4, 0.5) is 0 Å². The lowest BCUT2D eigenvalue weighted by Crippen LogP contribution is -2.27. The topological polar surface area (TPSA) is 60.9 Å². The van der Waals surface area contributed by atoms with Crippen LogP contribution in [0.15, 0.2) is 6.20 Å². The minimum Gasteiger partial charge on any atom is -0.392 e. The summed E-state index contributed by atoms with van der Waals surface area (Å²) in [5.74, 6) is 0. The van der Waals surface area contributed by atoms with Crippen molar-refractivity contribution in [3.05, 3.63) is 17.5 Å². The minimum absolute atomic E-state index is 0.0789. The molecule has 4 heteroatoms. The van der Waals surface area contributed by atoms with E-state index in [0.717, 1.165) is 25.1 Å². The van der Waals surface area contributed by atoms with Crippen LogP contribution in [0.25, 0.3) is 0 Å². The molecular weight excluding hydrogens is 214 g/mol. The lowest BCUT2D eigenvalue weighted by molar-refractivity contribution is 0.160. The fraction of sp³-hybridized carbons (Fsp3) is 0.769. The summed E-state index contributed by atoms with van der Waals surface area (Å²) in [6, 6.07) is 0. The summed E-state index contributed by atoms with van der Waals surface area (Å²) in [5, 5.41) is 20.0. The first-order valence-corrected chi connectivity index (χ1v) is 6.36. The van der Waals surface area contributed by atoms with E-state index in [2.05, 4.69) is 43.2 Å². The molecule has 0 aliphatic heterocycles. The van der Waals surface area contributed by atoms with E-state index in [-0.39, 0.29) is 11.5 Å². The van der Waals surface area contributed by atoms with Crippen LogP contribution in [0.2, 0.25) is 0 Å². The van der Waals surface area contributed by atoms with E-state index in [1.54, 1.807) is 0 Å². The van der Waals surface area contributed by atoms with Crippen molar-refractivity contribution >= 4 is 0 Å². The van der Waals surface area contributed by atoms with Crippen LogP contribution in [-0.2, 0) is 12.0 Å². The van der Waals surface area contributed by atoms with Gasteiger partial charge in [-0.05, 0) is 6.42 Å². The number of nitrogens with zero attached hydrogens (tertiary/aromatic N) is 1. The van der Waals surface area contributed by atoms with Crippen LogP contribution < -0.4 is 5.32 Å². The van der Waals surface area contributed by atoms with Crippen LogP contribution >= 0.6 is 0 Å². The van der Waals surface area contributed by atoms with Gasteiger partial charge in [-0.3, -0.25) is 5.10 Å². The molecule has 4 nitrogen and oxygen atoms in total. The maximum atomic E-state index is 9.62. The lowest BCUT2D eigenvalue weighted by atomic mass is 9.89. The summed E-state index contributed by atoms with van der Waals surface area (Å²) in [5.41, 5.74) is 2.42. The third kappa shape index (κ3) is 4.48. The summed E-state index contributed by atoms with van der Waals surface area (Å²) in [6.07, 6.45) is 3.48. The van der Waals surface area contributed by atoms with Gasteiger partial charge >= 0.3 is 0 Å². The van der Waals surface area contributed by atoms with Crippen molar-refractivity contribution in [2.45, 2.75) is 58.6 Å². The molecule has 1 unspecified atom stereocenters. The Bertz CT molecular complexity index is 328. The van der Waals surface area contributed by atoms with Crippen LogP contribution in [-0.4, -0.2) is 28.0 Å². The van der Waals surface area contributed by atoms with Crippen molar-refractivity contribution in [3.8, 4) is 0 Å². The summed E-state index contributed by atoms with van der Waals surface area (Å²) < 4.78 is 0. The predicted molar refractivity (Wildman–Crippen MR) is 69.9 cm³/mol. The smallest absolute Gasteiger partial charge is 0.0664 e. The first kappa shape index (κ1) is 14.2. The van der Waals surface area contributed by atoms with E-state index in [1.807, 2.05) is 6.20 Å². The van der Waals surface area contributed by atoms with Crippen molar-refractivity contribution in [1.29, 1.82) is 0 Å². The molecule has 0 bridgehead atoms. The van der Waals surface area contributed by atoms with Crippen molar-refractivity contribution < 1.29 is 5.11 Å². The number of aliphatic hydroxyl groups is 1. The van der Waals surface area contributed by atoms with Gasteiger partial charge in [0.2, 0.25) is 0 Å². The number of aliphatic hydroxyl groups excluding tert-OH is 1. The van der Waals surface area contributed by atoms with Gasteiger partial charge in [0.15, 0.2) is 0 Å². The Morgan fingerprint density at radius 3 is 2.76 bits per heavy atom. The summed E-state index contributed by atoms with van der Waals surface area (Å²) in [4.78, 5) is 0. The second-order valence-corrected chi connectivity index (χ2v) is 5.59. The summed E-state index contributed by atoms with van der Waals surface area (Å²) >= 11 is 0. The molecule has 98 valence electrons. The third-order valence-corrected chi connectivity index (χ3v) is 2.79. The molecule has 0 aliphatic rings. The largest absolute Gasteiger partial charge is 0.392 e. The molecular formula is C13H25N3O. The zero-order valence-electron chi connectivity index (χ0n) is 11.4. The number of rotatable bonds is 6. The molecule has 0 fully saturated rings. The molecule has 0 aliphatic carbocycles. The van der Waals surface area contributed by atoms with Crippen LogP contribution in [0, 0.1) is 0 Å². The number of aromatic nitrogens is 2. The van der Waals surface area contributed by atoms with Crippen LogP contribution in [0.3, 0.4) is 0 Å². The molecule has 0 saturated carbocycles. The Morgan fingerprint density at radius 2 is 2.18 bits per heavy atom. The highest BCUT2D eigenvalue weighted by Gasteiger charge is 2.19. The maximum Gasteiger partial charge on any atom is 0.0664 e. The normalized spacial score (nSPS) is 13.9. The highest BCUT2D eigenvalue weighted by atomic mass is 16.3. The zero-order chi connectivity index (χ0) is 12.9. The van der Waals surface area contributed by atoms with Crippen molar-refractivity contribution in [3.63, 3.8) is 0 Å². The SMILES string of the molecule is CCCC(O)CNCc1cn[nH]c1C(C)(C)C. The number of nitrogens with one attached hydrogen (secondary N) is 2. The predicted octanol–water partition coefficient (Wildman–Crippen LogP) is 1.96. The molecule has 3 N–H and O–H groups in total. The van der Waals surface area contributed by atoms with Gasteiger partial charge in [-0.15, -0.1) is 0 Å². The van der Waals surface area contributed by atoms with Gasteiger partial charge in [-0.1, -0.05) is 34.1 Å². The standard InChI is InChI=1S/C13H25N3O/c1-5-6-11(17)9-14-7-10-8-15-16-12(10)13(2,3)4/h8,11,14,17H,5-7,9H2,1-4H3,(H,15,16). The summed E-state index contributed by atoms with van der Waals surface area (Å²) in [6.45, 7) is 9.96. The quantitative estimate of drug-likeness (QED) is 0.711. The zero-order valence-corrected chi connectivity index (χ0v) is 11.4. The van der Waals surface area contributed by atoms with E-state index in [4.69, 9.17) is 0 Å². The van der Waals surface area contributed by atoms with Crippen molar-refractivity contribution in [2.75, 3.05) is 6.54 Å². The monoisotopic (exact) mass is 239 g/mol. The van der Waals surface area contributed by atoms with Crippen molar-refractivity contribution in [1.82, 2.24) is 15.5 Å². The van der Waals surface area contributed by atoms with E-state index < -0.39 is 0 Å². The van der Waals surface area contributed by atoms with E-state index in [0.29, 0.717) is 6.54 Å². The number of hydrogen-bond donors (Lipinski definition) is 3. The number of H-pyrrole nitrogens is 1. The fourth-order valence-corrected chi connectivity index (χ4v) is 1.90. The first-order chi connectivity index (χ1) is 7.95. The summed E-state index contributed by atoms with van der Waals surface area (Å²) in [7, 11) is 0. The van der Waals surface area contributed by atoms with Gasteiger partial charge in [0, 0.05) is 29.8 Å². The molecule has 1 atom stereocenters. The second-order valence-electron chi connectivity index (χ2n) is 5.59. The fourth-order valence-electron chi connectivity index (χ4n) is 1.90. The highest BCUT2D eigenvalue weighted by molar-refractivity contribution is 5.23. The van der Waals surface area contributed by atoms with E-state index >= 15 is 0 Å². The molecule has 1 rings (SSSR count). The molecule has 0 amide bonds. The van der Waals surface area contributed by atoms with Gasteiger partial charge in [0.25, 0.3) is 0 Å². The Balaban J connectivity index is 2.45. The maximum absolute atomic E-state index is 9.62. The van der Waals surface area contributed by atoms with Gasteiger partial charge in [-0.2, -0.15) is 5.10 Å². The molecule has 1 aromatic heterocycles. The number of aromatic amines is 1. The Hall–Kier alpha value is -0.870. The molecule has 0 aromatic carbocycles. The molecule has 1 heterocycles. The van der Waals surface area contributed by atoms with E-state index in [9.17, 15) is 5.11 Å². The van der Waals surface area contributed by atoms with Crippen LogP contribution in [0.5, 0.6) is 0 Å². The number of hydrogen-bond acceptors (Lipinski definition) is 3. The Morgan fingerprint density at radius 1 is 1.47 bits per heavy atom. The molecule has 0 saturated heterocycles. The molecule has 0 spiro atoms. The molecule has 1 aromatic rings. The third-order valence-electron chi connectivity index (χ3n) is 2.79. The molecule has 17 heavy (non-hydrogen) atoms. The van der Waals surface area contributed by atoms with Gasteiger partial charge in [0.05, 0.1) is 12.3 Å². The van der Waals surface area contributed by atoms with Crippen molar-refractivity contribution in [2.24, 2.45) is 0 Å². The minimum atomic E-state index is -0.245. The lowest BCUT2D eigenvalue weighted by Gasteiger charge is -2.19. The van der Waals surface area contributed by atoms with Gasteiger partial charge in [-0.25, -0.2) is 0 Å². The van der Waals surface area contributed by atoms with Gasteiger partial charge < -0.3 is 10.4 Å². The van der Waals surface area contributed by atoms with Gasteiger partial charge in [0.1, 0.15) is 0 Å². The average molecular weight is 239 g/mol. The Kier molecular flexibility index (Phi) is 5.15. The average Bonchev–Trinajstić information content (AvgIpc) is 2.65. The second kappa shape index (κ2) is 6.17. The first-order valence-electron chi connectivity index (χ1n) is 6.36. The molecule has 0 radical (unpaired) electrons. The van der Waals surface area contributed by atoms with Crippen LogP contribution in [0.1, 0.15) is 51.8 Å². The van der Waals surface area contributed by atoms with E-state index in [1.165, 1.54) is 5.56 Å².